The Labute approximate surface area is 175 Å². The van der Waals surface area contributed by atoms with E-state index in [1.165, 1.54) is 17.6 Å². The highest BCUT2D eigenvalue weighted by Crippen LogP contribution is 2.36. The predicted octanol–water partition coefficient (Wildman–Crippen LogP) is 3.47. The molecule has 0 saturated carbocycles. The van der Waals surface area contributed by atoms with Gasteiger partial charge in [0.25, 0.3) is 5.91 Å². The minimum Gasteiger partial charge on any atom is -0.381 e. The van der Waals surface area contributed by atoms with Crippen LogP contribution in [0.3, 0.4) is 0 Å². The molecule has 0 aliphatic carbocycles. The van der Waals surface area contributed by atoms with Crippen LogP contribution in [0.15, 0.2) is 53.4 Å². The van der Waals surface area contributed by atoms with E-state index in [2.05, 4.69) is 0 Å². The predicted molar refractivity (Wildman–Crippen MR) is 111 cm³/mol. The number of benzene rings is 2. The van der Waals surface area contributed by atoms with Crippen molar-refractivity contribution in [1.29, 1.82) is 0 Å². The van der Waals surface area contributed by atoms with Crippen LogP contribution >= 0.6 is 0 Å². The topological polar surface area (TPSA) is 92.7 Å². The minimum atomic E-state index is -4.04. The summed E-state index contributed by atoms with van der Waals surface area (Å²) in [5.41, 5.74) is 4.42. The van der Waals surface area contributed by atoms with Gasteiger partial charge in [-0.05, 0) is 60.9 Å². The zero-order chi connectivity index (χ0) is 21.6. The molecule has 1 aliphatic rings. The molecule has 30 heavy (non-hydrogen) atoms. The number of alkyl halides is 1. The lowest BCUT2D eigenvalue weighted by atomic mass is 9.98. The molecular formula is C22H26FNO5S. The summed E-state index contributed by atoms with van der Waals surface area (Å²) in [5.74, 6) is -0.932. The van der Waals surface area contributed by atoms with Crippen molar-refractivity contribution in [2.45, 2.75) is 41.7 Å². The van der Waals surface area contributed by atoms with Gasteiger partial charge in [-0.1, -0.05) is 36.4 Å². The molecule has 1 aliphatic heterocycles. The average Bonchev–Trinajstić information content (AvgIpc) is 2.79. The summed E-state index contributed by atoms with van der Waals surface area (Å²) in [6.07, 6.45) is 2.14. The molecule has 0 aromatic heterocycles. The molecule has 162 valence electrons. The summed E-state index contributed by atoms with van der Waals surface area (Å²) in [6.45, 7) is -0.0492. The zero-order valence-corrected chi connectivity index (χ0v) is 17.5. The number of amides is 1. The molecule has 1 saturated heterocycles. The van der Waals surface area contributed by atoms with Gasteiger partial charge in [0.1, 0.15) is 0 Å². The van der Waals surface area contributed by atoms with Gasteiger partial charge in [-0.15, -0.1) is 0 Å². The van der Waals surface area contributed by atoms with Gasteiger partial charge < -0.3 is 4.74 Å². The number of nitrogens with one attached hydrogen (secondary N) is 1. The van der Waals surface area contributed by atoms with Gasteiger partial charge >= 0.3 is 0 Å². The van der Waals surface area contributed by atoms with Gasteiger partial charge in [-0.3, -0.25) is 14.4 Å². The molecule has 0 bridgehead atoms. The van der Waals surface area contributed by atoms with Crippen LogP contribution < -0.4 is 5.48 Å². The molecule has 1 heterocycles. The first kappa shape index (κ1) is 22.4. The Balaban J connectivity index is 1.83. The van der Waals surface area contributed by atoms with Crippen LogP contribution in [0.1, 0.15) is 31.2 Å². The summed E-state index contributed by atoms with van der Waals surface area (Å²) >= 11 is 0. The van der Waals surface area contributed by atoms with Crippen LogP contribution in [0.4, 0.5) is 4.39 Å². The molecule has 3 rings (SSSR count). The number of sulfone groups is 1. The van der Waals surface area contributed by atoms with Crippen molar-refractivity contribution in [2.24, 2.45) is 0 Å². The molecule has 6 nitrogen and oxygen atoms in total. The summed E-state index contributed by atoms with van der Waals surface area (Å²) in [5, 5.41) is 9.12. The van der Waals surface area contributed by atoms with Crippen LogP contribution in [0, 0.1) is 0 Å². The monoisotopic (exact) mass is 435 g/mol. The second kappa shape index (κ2) is 9.68. The number of ether oxygens (including phenoxy) is 1. The molecule has 2 aromatic rings. The number of aryl methyl sites for hydroxylation is 1. The second-order valence-electron chi connectivity index (χ2n) is 7.42. The highest BCUT2D eigenvalue weighted by atomic mass is 32.2. The molecule has 8 heteroatoms. The smallest absolute Gasteiger partial charge is 0.265 e. The van der Waals surface area contributed by atoms with E-state index in [4.69, 9.17) is 9.94 Å². The summed E-state index contributed by atoms with van der Waals surface area (Å²) in [6, 6.07) is 14.3. The summed E-state index contributed by atoms with van der Waals surface area (Å²) in [7, 11) is -4.04. The fourth-order valence-corrected chi connectivity index (χ4v) is 5.70. The zero-order valence-electron chi connectivity index (χ0n) is 16.6. The first-order chi connectivity index (χ1) is 14.4. The number of rotatable bonds is 8. The Kier molecular flexibility index (Phi) is 7.23. The molecule has 2 aromatic carbocycles. The Morgan fingerprint density at radius 2 is 1.57 bits per heavy atom. The molecule has 0 atom stereocenters. The molecule has 2 N–H and O–H groups in total. The molecule has 1 amide bonds. The Bertz CT molecular complexity index is 952. The normalized spacial score (nSPS) is 16.2. The quantitative estimate of drug-likeness (QED) is 0.376. The third kappa shape index (κ3) is 4.40. The van der Waals surface area contributed by atoms with Gasteiger partial charge in [0.15, 0.2) is 14.6 Å². The molecule has 0 radical (unpaired) electrons. The van der Waals surface area contributed by atoms with Crippen LogP contribution in [-0.2, 0) is 25.8 Å². The van der Waals surface area contributed by atoms with E-state index in [0.29, 0.717) is 6.42 Å². The maximum atomic E-state index is 13.3. The van der Waals surface area contributed by atoms with Crippen molar-refractivity contribution < 1.29 is 27.5 Å². The number of halogens is 1. The fourth-order valence-electron chi connectivity index (χ4n) is 3.76. The highest BCUT2D eigenvalue weighted by molar-refractivity contribution is 7.93. The Morgan fingerprint density at radius 3 is 2.10 bits per heavy atom. The Morgan fingerprint density at radius 1 is 1.00 bits per heavy atom. The maximum Gasteiger partial charge on any atom is 0.265 e. The van der Waals surface area contributed by atoms with E-state index < -0.39 is 20.5 Å². The summed E-state index contributed by atoms with van der Waals surface area (Å²) in [4.78, 5) is 12.3. The lowest BCUT2D eigenvalue weighted by molar-refractivity contribution is -0.134. The van der Waals surface area contributed by atoms with Crippen LogP contribution in [0.2, 0.25) is 0 Å². The van der Waals surface area contributed by atoms with Crippen LogP contribution in [-0.4, -0.2) is 44.2 Å². The number of hydroxylamine groups is 1. The largest absolute Gasteiger partial charge is 0.381 e. The van der Waals surface area contributed by atoms with E-state index in [1.54, 1.807) is 12.1 Å². The van der Waals surface area contributed by atoms with Crippen molar-refractivity contribution in [2.75, 3.05) is 19.9 Å². The van der Waals surface area contributed by atoms with Crippen LogP contribution in [0.5, 0.6) is 0 Å². The van der Waals surface area contributed by atoms with E-state index in [1.807, 2.05) is 24.3 Å². The van der Waals surface area contributed by atoms with Gasteiger partial charge in [0, 0.05) is 13.2 Å². The average molecular weight is 436 g/mol. The van der Waals surface area contributed by atoms with Crippen molar-refractivity contribution in [3.63, 3.8) is 0 Å². The summed E-state index contributed by atoms with van der Waals surface area (Å²) < 4.78 is 42.2. The Hall–Kier alpha value is -2.29. The van der Waals surface area contributed by atoms with E-state index in [0.717, 1.165) is 29.5 Å². The molecule has 0 spiro atoms. The maximum absolute atomic E-state index is 13.3. The van der Waals surface area contributed by atoms with E-state index in [9.17, 15) is 17.6 Å². The lowest BCUT2D eigenvalue weighted by Crippen LogP contribution is -2.54. The third-order valence-corrected chi connectivity index (χ3v) is 8.15. The van der Waals surface area contributed by atoms with Gasteiger partial charge in [-0.2, -0.15) is 0 Å². The van der Waals surface area contributed by atoms with Crippen molar-refractivity contribution >= 4 is 15.7 Å². The molecular weight excluding hydrogens is 409 g/mol. The van der Waals surface area contributed by atoms with Crippen LogP contribution in [0.25, 0.3) is 11.1 Å². The number of hydrogen-bond acceptors (Lipinski definition) is 5. The lowest BCUT2D eigenvalue weighted by Gasteiger charge is -2.34. The van der Waals surface area contributed by atoms with Crippen molar-refractivity contribution in [1.82, 2.24) is 5.48 Å². The number of carbonyl (C=O) groups is 1. The van der Waals surface area contributed by atoms with Gasteiger partial charge in [0.05, 0.1) is 11.6 Å². The molecule has 0 unspecified atom stereocenters. The van der Waals surface area contributed by atoms with Gasteiger partial charge in [-0.25, -0.2) is 13.9 Å². The van der Waals surface area contributed by atoms with Crippen molar-refractivity contribution in [3.05, 3.63) is 54.1 Å². The number of hydrogen-bond donors (Lipinski definition) is 2. The van der Waals surface area contributed by atoms with E-state index in [-0.39, 0.29) is 37.6 Å². The SMILES string of the molecule is O=C(NO)C1(S(=O)(=O)c2ccc(-c3ccc(CCCCF)cc3)cc2)CCOCC1. The fraction of sp³-hybridized carbons (Fsp3) is 0.409. The minimum absolute atomic E-state index is 0.0205. The first-order valence-electron chi connectivity index (χ1n) is 9.97. The van der Waals surface area contributed by atoms with Gasteiger partial charge in [0.2, 0.25) is 0 Å². The first-order valence-corrected chi connectivity index (χ1v) is 11.5. The molecule has 1 fully saturated rings. The van der Waals surface area contributed by atoms with Crippen molar-refractivity contribution in [3.8, 4) is 11.1 Å². The van der Waals surface area contributed by atoms with E-state index >= 15 is 0 Å². The second-order valence-corrected chi connectivity index (χ2v) is 9.68. The number of carbonyl (C=O) groups excluding carboxylic acids is 1. The number of unbranched alkanes of at least 4 members (excludes halogenated alkanes) is 1. The standard InChI is InChI=1S/C22H26FNO5S/c23-14-2-1-3-17-4-6-18(7-5-17)19-8-10-20(11-9-19)30(27,28)22(21(25)24-26)12-15-29-16-13-22/h4-11,26H,1-3,12-16H2,(H,24,25). The third-order valence-electron chi connectivity index (χ3n) is 5.63. The highest BCUT2D eigenvalue weighted by Gasteiger charge is 2.52.